The lowest BCUT2D eigenvalue weighted by Gasteiger charge is -2.26. The molecule has 0 aliphatic carbocycles. The quantitative estimate of drug-likeness (QED) is 0.526. The monoisotopic (exact) mass is 402 g/mol. The van der Waals surface area contributed by atoms with Gasteiger partial charge in [0.2, 0.25) is 5.88 Å². The van der Waals surface area contributed by atoms with Gasteiger partial charge < -0.3 is 19.5 Å². The number of methoxy groups -OCH3 is 1. The second-order valence-electron chi connectivity index (χ2n) is 6.29. The van der Waals surface area contributed by atoms with Crippen molar-refractivity contribution >= 4 is 17.3 Å². The summed E-state index contributed by atoms with van der Waals surface area (Å²) in [6.07, 6.45) is 1.47. The van der Waals surface area contributed by atoms with Gasteiger partial charge in [0, 0.05) is 37.3 Å². The van der Waals surface area contributed by atoms with Crippen LogP contribution in [0.4, 0.5) is 11.4 Å². The Bertz CT molecular complexity index is 852. The van der Waals surface area contributed by atoms with Crippen molar-refractivity contribution in [3.63, 3.8) is 0 Å². The van der Waals surface area contributed by atoms with Crippen LogP contribution in [-0.2, 0) is 4.74 Å². The number of morpholine rings is 1. The lowest BCUT2D eigenvalue weighted by atomic mass is 10.1. The minimum atomic E-state index is -0.597. The molecule has 1 N–H and O–H groups in total. The zero-order chi connectivity index (χ0) is 20.6. The van der Waals surface area contributed by atoms with E-state index in [4.69, 9.17) is 14.2 Å². The Labute approximate surface area is 167 Å². The van der Waals surface area contributed by atoms with Crippen molar-refractivity contribution in [2.45, 2.75) is 0 Å². The van der Waals surface area contributed by atoms with Crippen molar-refractivity contribution in [3.05, 3.63) is 52.2 Å². The number of rotatable bonds is 8. The second kappa shape index (κ2) is 9.80. The van der Waals surface area contributed by atoms with Crippen LogP contribution < -0.4 is 14.8 Å². The Morgan fingerprint density at radius 2 is 2.10 bits per heavy atom. The summed E-state index contributed by atoms with van der Waals surface area (Å²) in [5.41, 5.74) is 0.319. The van der Waals surface area contributed by atoms with Gasteiger partial charge in [-0.1, -0.05) is 0 Å². The number of nitro benzene ring substituents is 1. The van der Waals surface area contributed by atoms with E-state index in [1.54, 1.807) is 12.1 Å². The fraction of sp³-hybridized carbons (Fsp3) is 0.368. The first kappa shape index (κ1) is 20.5. The molecule has 1 amide bonds. The lowest BCUT2D eigenvalue weighted by molar-refractivity contribution is -0.385. The molecule has 2 aromatic rings. The van der Waals surface area contributed by atoms with Gasteiger partial charge >= 0.3 is 5.69 Å². The van der Waals surface area contributed by atoms with Crippen LogP contribution in [0.25, 0.3) is 0 Å². The van der Waals surface area contributed by atoms with Gasteiger partial charge in [-0.2, -0.15) is 0 Å². The largest absolute Gasteiger partial charge is 0.490 e. The van der Waals surface area contributed by atoms with E-state index >= 15 is 0 Å². The molecule has 1 saturated heterocycles. The number of benzene rings is 1. The number of nitro groups is 1. The van der Waals surface area contributed by atoms with Crippen LogP contribution in [0, 0.1) is 10.1 Å². The maximum Gasteiger partial charge on any atom is 0.311 e. The molecule has 10 nitrogen and oxygen atoms in total. The molecule has 0 unspecified atom stereocenters. The summed E-state index contributed by atoms with van der Waals surface area (Å²) in [4.78, 5) is 29.3. The van der Waals surface area contributed by atoms with E-state index in [2.05, 4.69) is 15.2 Å². The zero-order valence-electron chi connectivity index (χ0n) is 16.0. The molecular weight excluding hydrogens is 380 g/mol. The molecule has 1 aromatic heterocycles. The Kier molecular flexibility index (Phi) is 6.93. The summed E-state index contributed by atoms with van der Waals surface area (Å²) in [7, 11) is 1.33. The molecule has 0 bridgehead atoms. The van der Waals surface area contributed by atoms with E-state index < -0.39 is 10.8 Å². The molecule has 29 heavy (non-hydrogen) atoms. The molecule has 10 heteroatoms. The third-order valence-corrected chi connectivity index (χ3v) is 4.39. The summed E-state index contributed by atoms with van der Waals surface area (Å²) >= 11 is 0. The number of ether oxygens (including phenoxy) is 3. The summed E-state index contributed by atoms with van der Waals surface area (Å²) in [6, 6.07) is 7.33. The van der Waals surface area contributed by atoms with E-state index in [1.807, 2.05) is 0 Å². The zero-order valence-corrected chi connectivity index (χ0v) is 16.0. The summed E-state index contributed by atoms with van der Waals surface area (Å²) in [6.45, 7) is 4.57. The van der Waals surface area contributed by atoms with Crippen molar-refractivity contribution in [1.29, 1.82) is 0 Å². The predicted octanol–water partition coefficient (Wildman–Crippen LogP) is 1.96. The molecular formula is C19H22N4O6. The molecule has 3 rings (SSSR count). The molecule has 0 atom stereocenters. The highest BCUT2D eigenvalue weighted by Gasteiger charge is 2.18. The van der Waals surface area contributed by atoms with E-state index in [-0.39, 0.29) is 17.0 Å². The first-order valence-corrected chi connectivity index (χ1v) is 9.09. The normalized spacial score (nSPS) is 14.2. The number of carbonyl (C=O) groups is 1. The number of hydrogen-bond donors (Lipinski definition) is 1. The summed E-state index contributed by atoms with van der Waals surface area (Å²) < 4.78 is 15.9. The first-order chi connectivity index (χ1) is 14.1. The number of pyridine rings is 1. The van der Waals surface area contributed by atoms with Crippen molar-refractivity contribution in [3.8, 4) is 11.6 Å². The van der Waals surface area contributed by atoms with Crippen LogP contribution in [0.2, 0.25) is 0 Å². The van der Waals surface area contributed by atoms with Gasteiger partial charge in [0.25, 0.3) is 5.91 Å². The number of amides is 1. The number of nitrogens with one attached hydrogen (secondary N) is 1. The Morgan fingerprint density at radius 3 is 2.76 bits per heavy atom. The number of aromatic nitrogens is 1. The smallest absolute Gasteiger partial charge is 0.311 e. The standard InChI is InChI=1S/C19H22N4O6/c1-27-17-4-2-14(12-16(17)23(25)26)19(24)21-15-3-5-18(20-13-15)29-11-8-22-6-9-28-10-7-22/h2-5,12-13H,6-11H2,1H3,(H,21,24). The molecule has 1 aliphatic rings. The topological polar surface area (TPSA) is 116 Å². The third-order valence-electron chi connectivity index (χ3n) is 4.39. The average molecular weight is 402 g/mol. The lowest BCUT2D eigenvalue weighted by Crippen LogP contribution is -2.38. The van der Waals surface area contributed by atoms with Crippen LogP contribution in [0.1, 0.15) is 10.4 Å². The Morgan fingerprint density at radius 1 is 1.31 bits per heavy atom. The highest BCUT2D eigenvalue weighted by molar-refractivity contribution is 6.04. The van der Waals surface area contributed by atoms with Crippen LogP contribution in [-0.4, -0.2) is 67.3 Å². The van der Waals surface area contributed by atoms with Gasteiger partial charge in [-0.05, 0) is 18.2 Å². The molecule has 2 heterocycles. The predicted molar refractivity (Wildman–Crippen MR) is 105 cm³/mol. The minimum Gasteiger partial charge on any atom is -0.490 e. The van der Waals surface area contributed by atoms with Crippen LogP contribution in [0.3, 0.4) is 0 Å². The van der Waals surface area contributed by atoms with Crippen molar-refractivity contribution in [1.82, 2.24) is 9.88 Å². The van der Waals surface area contributed by atoms with E-state index in [9.17, 15) is 14.9 Å². The molecule has 1 aliphatic heterocycles. The number of hydrogen-bond acceptors (Lipinski definition) is 8. The van der Waals surface area contributed by atoms with E-state index in [1.165, 1.54) is 31.5 Å². The van der Waals surface area contributed by atoms with Gasteiger partial charge in [0.15, 0.2) is 5.75 Å². The van der Waals surface area contributed by atoms with Crippen molar-refractivity contribution < 1.29 is 23.9 Å². The van der Waals surface area contributed by atoms with E-state index in [0.717, 1.165) is 32.8 Å². The minimum absolute atomic E-state index is 0.0896. The number of anilines is 1. The van der Waals surface area contributed by atoms with Gasteiger partial charge in [0.1, 0.15) is 6.61 Å². The number of carbonyl (C=O) groups excluding carboxylic acids is 1. The maximum absolute atomic E-state index is 12.4. The SMILES string of the molecule is COc1ccc(C(=O)Nc2ccc(OCCN3CCOCC3)nc2)cc1[N+](=O)[O-]. The van der Waals surface area contributed by atoms with Crippen LogP contribution >= 0.6 is 0 Å². The second-order valence-corrected chi connectivity index (χ2v) is 6.29. The summed E-state index contributed by atoms with van der Waals surface area (Å²) in [5, 5.41) is 13.8. The number of nitrogens with zero attached hydrogens (tertiary/aromatic N) is 3. The van der Waals surface area contributed by atoms with Crippen molar-refractivity contribution in [2.24, 2.45) is 0 Å². The van der Waals surface area contributed by atoms with E-state index in [0.29, 0.717) is 18.2 Å². The molecule has 0 spiro atoms. The highest BCUT2D eigenvalue weighted by Crippen LogP contribution is 2.27. The third kappa shape index (κ3) is 5.62. The van der Waals surface area contributed by atoms with Crippen LogP contribution in [0.5, 0.6) is 11.6 Å². The van der Waals surface area contributed by atoms with Gasteiger partial charge in [-0.15, -0.1) is 0 Å². The van der Waals surface area contributed by atoms with Crippen molar-refractivity contribution in [2.75, 3.05) is 51.9 Å². The average Bonchev–Trinajstić information content (AvgIpc) is 2.75. The molecule has 1 aromatic carbocycles. The van der Waals surface area contributed by atoms with Crippen LogP contribution in [0.15, 0.2) is 36.5 Å². The maximum atomic E-state index is 12.4. The fourth-order valence-electron chi connectivity index (χ4n) is 2.82. The summed E-state index contributed by atoms with van der Waals surface area (Å²) in [5.74, 6) is 0.0571. The Hall–Kier alpha value is -3.24. The molecule has 0 radical (unpaired) electrons. The molecule has 0 saturated carbocycles. The van der Waals surface area contributed by atoms with Gasteiger partial charge in [0.05, 0.1) is 37.1 Å². The fourth-order valence-corrected chi connectivity index (χ4v) is 2.82. The molecule has 154 valence electrons. The highest BCUT2D eigenvalue weighted by atomic mass is 16.6. The van der Waals surface area contributed by atoms with Gasteiger partial charge in [-0.3, -0.25) is 19.8 Å². The van der Waals surface area contributed by atoms with Gasteiger partial charge in [-0.25, -0.2) is 4.98 Å². The first-order valence-electron chi connectivity index (χ1n) is 9.09. The molecule has 1 fully saturated rings. The Balaban J connectivity index is 1.54.